The lowest BCUT2D eigenvalue weighted by molar-refractivity contribution is 0.420. The smallest absolute Gasteiger partial charge is 0.257 e. The van der Waals surface area contributed by atoms with Crippen LogP contribution in [0.5, 0.6) is 0 Å². The molecule has 5 aromatic rings. The summed E-state index contributed by atoms with van der Waals surface area (Å²) in [6.45, 7) is 2.10. The molecule has 0 saturated heterocycles. The third-order valence-corrected chi connectivity index (χ3v) is 6.29. The largest absolute Gasteiger partial charge is 0.334 e. The summed E-state index contributed by atoms with van der Waals surface area (Å²) in [5.41, 5.74) is 3.12. The predicted octanol–water partition coefficient (Wildman–Crippen LogP) is 6.64. The molecule has 1 atom stereocenters. The van der Waals surface area contributed by atoms with E-state index in [9.17, 15) is 0 Å². The second-order valence-electron chi connectivity index (χ2n) is 7.10. The fraction of sp³-hybridized carbons (Fsp3) is 0.0800. The minimum absolute atomic E-state index is 0.0170. The zero-order valence-corrected chi connectivity index (χ0v) is 17.1. The molecule has 144 valence electrons. The number of hydrogen-bond donors (Lipinski definition) is 0. The van der Waals surface area contributed by atoms with Crippen molar-refractivity contribution in [1.82, 2.24) is 10.1 Å². The van der Waals surface area contributed by atoms with Crippen LogP contribution in [0, 0.1) is 11.3 Å². The van der Waals surface area contributed by atoms with Crippen LogP contribution in [0.15, 0.2) is 83.4 Å². The van der Waals surface area contributed by atoms with Crippen molar-refractivity contribution in [3.63, 3.8) is 0 Å². The van der Waals surface area contributed by atoms with E-state index in [1.807, 2.05) is 42.5 Å². The molecule has 0 bridgehead atoms. The van der Waals surface area contributed by atoms with E-state index in [1.54, 1.807) is 0 Å². The van der Waals surface area contributed by atoms with Crippen LogP contribution >= 0.6 is 11.3 Å². The summed E-state index contributed by atoms with van der Waals surface area (Å²) < 4.78 is 5.57. The molecule has 0 aliphatic carbocycles. The van der Waals surface area contributed by atoms with Crippen molar-refractivity contribution in [1.29, 1.82) is 5.26 Å². The molecule has 0 fully saturated rings. The van der Waals surface area contributed by atoms with Gasteiger partial charge in [-0.2, -0.15) is 10.2 Å². The van der Waals surface area contributed by atoms with E-state index in [4.69, 9.17) is 9.78 Å². The summed E-state index contributed by atoms with van der Waals surface area (Å²) in [5, 5.41) is 15.7. The van der Waals surface area contributed by atoms with E-state index in [-0.39, 0.29) is 5.92 Å². The summed E-state index contributed by atoms with van der Waals surface area (Å²) in [5.74, 6) is 1.19. The molecule has 4 nitrogen and oxygen atoms in total. The van der Waals surface area contributed by atoms with Crippen molar-refractivity contribution in [2.45, 2.75) is 12.8 Å². The number of nitriles is 1. The van der Waals surface area contributed by atoms with Gasteiger partial charge in [0.1, 0.15) is 10.9 Å². The van der Waals surface area contributed by atoms with E-state index in [2.05, 4.69) is 59.5 Å². The lowest BCUT2D eigenvalue weighted by Crippen LogP contribution is -1.99. The van der Waals surface area contributed by atoms with Crippen LogP contribution < -0.4 is 0 Å². The number of rotatable bonds is 4. The molecule has 3 aromatic carbocycles. The molecule has 0 spiro atoms. The fourth-order valence-corrected chi connectivity index (χ4v) is 4.43. The zero-order valence-electron chi connectivity index (χ0n) is 16.2. The minimum Gasteiger partial charge on any atom is -0.334 e. The Balaban J connectivity index is 1.43. The van der Waals surface area contributed by atoms with Gasteiger partial charge in [0.25, 0.3) is 5.89 Å². The van der Waals surface area contributed by atoms with Crippen LogP contribution in [0.3, 0.4) is 0 Å². The first-order valence-corrected chi connectivity index (χ1v) is 10.5. The Kier molecular flexibility index (Phi) is 4.62. The third-order valence-electron chi connectivity index (χ3n) is 5.25. The van der Waals surface area contributed by atoms with E-state index in [0.717, 1.165) is 16.0 Å². The summed E-state index contributed by atoms with van der Waals surface area (Å²) in [6.07, 6.45) is 0. The molecule has 0 aliphatic heterocycles. The van der Waals surface area contributed by atoms with Crippen molar-refractivity contribution in [3.05, 3.63) is 95.1 Å². The van der Waals surface area contributed by atoms with Gasteiger partial charge in [0.2, 0.25) is 0 Å². The van der Waals surface area contributed by atoms with Gasteiger partial charge in [-0.25, -0.2) is 0 Å². The second kappa shape index (κ2) is 7.58. The standard InChI is InChI=1S/C25H17N3OS/c1-16(21-8-4-6-17-5-2-3-7-22(17)21)24-27-25(29-28-24)19-11-9-18(10-12-19)23-14-13-20(15-26)30-23/h2-14,16H,1H3. The highest BCUT2D eigenvalue weighted by Gasteiger charge is 2.18. The monoisotopic (exact) mass is 407 g/mol. The Labute approximate surface area is 178 Å². The van der Waals surface area contributed by atoms with Crippen molar-refractivity contribution < 1.29 is 4.52 Å². The van der Waals surface area contributed by atoms with Gasteiger partial charge in [-0.3, -0.25) is 0 Å². The van der Waals surface area contributed by atoms with Crippen molar-refractivity contribution in [3.8, 4) is 28.0 Å². The number of fused-ring (bicyclic) bond motifs is 1. The van der Waals surface area contributed by atoms with E-state index in [0.29, 0.717) is 16.6 Å². The van der Waals surface area contributed by atoms with E-state index < -0.39 is 0 Å². The summed E-state index contributed by atoms with van der Waals surface area (Å²) in [4.78, 5) is 6.44. The average molecular weight is 407 g/mol. The van der Waals surface area contributed by atoms with Gasteiger partial charge < -0.3 is 4.52 Å². The first-order valence-electron chi connectivity index (χ1n) is 9.65. The van der Waals surface area contributed by atoms with Crippen LogP contribution in [-0.4, -0.2) is 10.1 Å². The highest BCUT2D eigenvalue weighted by molar-refractivity contribution is 7.16. The molecule has 0 radical (unpaired) electrons. The normalized spacial score (nSPS) is 12.0. The summed E-state index contributed by atoms with van der Waals surface area (Å²) in [6, 6.07) is 28.6. The molecule has 5 rings (SSSR count). The van der Waals surface area contributed by atoms with E-state index >= 15 is 0 Å². The van der Waals surface area contributed by atoms with Gasteiger partial charge >= 0.3 is 0 Å². The van der Waals surface area contributed by atoms with Gasteiger partial charge in [0.05, 0.1) is 0 Å². The van der Waals surface area contributed by atoms with Crippen molar-refractivity contribution in [2.75, 3.05) is 0 Å². The van der Waals surface area contributed by atoms with E-state index in [1.165, 1.54) is 27.7 Å². The molecule has 2 aromatic heterocycles. The van der Waals surface area contributed by atoms with Crippen LogP contribution in [0.1, 0.15) is 29.1 Å². The highest BCUT2D eigenvalue weighted by Crippen LogP contribution is 2.32. The van der Waals surface area contributed by atoms with Gasteiger partial charge in [0, 0.05) is 16.4 Å². The van der Waals surface area contributed by atoms with Crippen molar-refractivity contribution >= 4 is 22.1 Å². The SMILES string of the molecule is CC(c1noc(-c2ccc(-c3ccc(C#N)s3)cc2)n1)c1cccc2ccccc12. The van der Waals surface area contributed by atoms with Gasteiger partial charge in [-0.1, -0.05) is 66.7 Å². The maximum Gasteiger partial charge on any atom is 0.257 e. The Bertz CT molecular complexity index is 1370. The highest BCUT2D eigenvalue weighted by atomic mass is 32.1. The molecule has 2 heterocycles. The van der Waals surface area contributed by atoms with Gasteiger partial charge in [0.15, 0.2) is 5.82 Å². The molecular weight excluding hydrogens is 390 g/mol. The first-order chi connectivity index (χ1) is 14.7. The molecule has 30 heavy (non-hydrogen) atoms. The maximum absolute atomic E-state index is 9.01. The quantitative estimate of drug-likeness (QED) is 0.335. The number of aromatic nitrogens is 2. The molecule has 0 saturated carbocycles. The second-order valence-corrected chi connectivity index (χ2v) is 8.18. The first kappa shape index (κ1) is 18.3. The summed E-state index contributed by atoms with van der Waals surface area (Å²) >= 11 is 1.48. The number of nitrogens with zero attached hydrogens (tertiary/aromatic N) is 3. The van der Waals surface area contributed by atoms with Crippen molar-refractivity contribution in [2.24, 2.45) is 0 Å². The fourth-order valence-electron chi connectivity index (χ4n) is 3.63. The van der Waals surface area contributed by atoms with Gasteiger partial charge in [-0.15, -0.1) is 11.3 Å². The van der Waals surface area contributed by atoms with Gasteiger partial charge in [-0.05, 0) is 46.2 Å². The summed E-state index contributed by atoms with van der Waals surface area (Å²) in [7, 11) is 0. The lowest BCUT2D eigenvalue weighted by atomic mass is 9.94. The average Bonchev–Trinajstić information content (AvgIpc) is 3.48. The Morgan fingerprint density at radius 1 is 0.900 bits per heavy atom. The lowest BCUT2D eigenvalue weighted by Gasteiger charge is -2.11. The van der Waals surface area contributed by atoms with Crippen LogP contribution in [0.25, 0.3) is 32.7 Å². The number of thiophene rings is 1. The van der Waals surface area contributed by atoms with Crippen LogP contribution in [0.4, 0.5) is 0 Å². The Morgan fingerprint density at radius 3 is 2.47 bits per heavy atom. The minimum atomic E-state index is 0.0170. The molecule has 0 amide bonds. The molecular formula is C25H17N3OS. The molecule has 5 heteroatoms. The Morgan fingerprint density at radius 2 is 1.67 bits per heavy atom. The van der Waals surface area contributed by atoms with Crippen LogP contribution in [0.2, 0.25) is 0 Å². The number of hydrogen-bond acceptors (Lipinski definition) is 5. The third kappa shape index (κ3) is 3.28. The molecule has 1 unspecified atom stereocenters. The van der Waals surface area contributed by atoms with Crippen LogP contribution in [-0.2, 0) is 0 Å². The Hall–Kier alpha value is -3.75. The molecule has 0 aliphatic rings. The topological polar surface area (TPSA) is 62.7 Å². The maximum atomic E-state index is 9.01. The zero-order chi connectivity index (χ0) is 20.5. The molecule has 0 N–H and O–H groups in total. The predicted molar refractivity (Wildman–Crippen MR) is 119 cm³/mol. The number of benzene rings is 3.